The minimum Gasteiger partial charge on any atom is -0.481 e. The van der Waals surface area contributed by atoms with Crippen molar-refractivity contribution in [2.45, 2.75) is 45.0 Å². The first kappa shape index (κ1) is 16.0. The molecule has 0 unspecified atom stereocenters. The SMILES string of the molecule is COC(C)(C)c1nnc(SCC(=O)O)n1CC(C)C. The van der Waals surface area contributed by atoms with Gasteiger partial charge >= 0.3 is 5.97 Å². The molecule has 0 aliphatic heterocycles. The number of hydrogen-bond acceptors (Lipinski definition) is 5. The van der Waals surface area contributed by atoms with Crippen LogP contribution in [0.3, 0.4) is 0 Å². The Balaban J connectivity index is 3.08. The lowest BCUT2D eigenvalue weighted by Gasteiger charge is -2.23. The zero-order valence-corrected chi connectivity index (χ0v) is 12.8. The van der Waals surface area contributed by atoms with E-state index in [0.717, 1.165) is 12.4 Å². The Morgan fingerprint density at radius 3 is 2.58 bits per heavy atom. The summed E-state index contributed by atoms with van der Waals surface area (Å²) in [6.07, 6.45) is 0. The number of aromatic nitrogens is 3. The molecule has 0 atom stereocenters. The topological polar surface area (TPSA) is 77.2 Å². The molecule has 0 fully saturated rings. The standard InChI is InChI=1S/C12H21N3O3S/c1-8(2)6-15-10(12(3,4)18-5)13-14-11(15)19-7-9(16)17/h8H,6-7H2,1-5H3,(H,16,17). The van der Waals surface area contributed by atoms with Gasteiger partial charge in [-0.3, -0.25) is 4.79 Å². The Hall–Kier alpha value is -1.08. The fraction of sp³-hybridized carbons (Fsp3) is 0.750. The average Bonchev–Trinajstić information content (AvgIpc) is 2.69. The van der Waals surface area contributed by atoms with Crippen molar-refractivity contribution in [3.05, 3.63) is 5.82 Å². The van der Waals surface area contributed by atoms with E-state index in [9.17, 15) is 4.79 Å². The zero-order chi connectivity index (χ0) is 14.6. The maximum atomic E-state index is 10.7. The van der Waals surface area contributed by atoms with Crippen LogP contribution in [0.1, 0.15) is 33.5 Å². The Kier molecular flexibility index (Phi) is 5.37. The molecule has 0 saturated carbocycles. The number of nitrogens with zero attached hydrogens (tertiary/aromatic N) is 3. The van der Waals surface area contributed by atoms with Crippen molar-refractivity contribution >= 4 is 17.7 Å². The lowest BCUT2D eigenvalue weighted by atomic mass is 10.1. The third kappa shape index (κ3) is 4.21. The van der Waals surface area contributed by atoms with E-state index in [1.54, 1.807) is 7.11 Å². The summed E-state index contributed by atoms with van der Waals surface area (Å²) in [5.41, 5.74) is -0.552. The Bertz CT molecular complexity index is 443. The van der Waals surface area contributed by atoms with Crippen molar-refractivity contribution in [3.8, 4) is 0 Å². The summed E-state index contributed by atoms with van der Waals surface area (Å²) in [7, 11) is 1.62. The molecule has 0 spiro atoms. The van der Waals surface area contributed by atoms with Crippen molar-refractivity contribution in [1.82, 2.24) is 14.8 Å². The molecule has 0 radical (unpaired) electrons. The number of carboxylic acid groups (broad SMARTS) is 1. The van der Waals surface area contributed by atoms with E-state index in [4.69, 9.17) is 9.84 Å². The molecular weight excluding hydrogens is 266 g/mol. The van der Waals surface area contributed by atoms with Gasteiger partial charge in [-0.05, 0) is 19.8 Å². The lowest BCUT2D eigenvalue weighted by molar-refractivity contribution is -0.133. The highest BCUT2D eigenvalue weighted by molar-refractivity contribution is 7.99. The smallest absolute Gasteiger partial charge is 0.313 e. The molecule has 7 heteroatoms. The van der Waals surface area contributed by atoms with E-state index < -0.39 is 11.6 Å². The van der Waals surface area contributed by atoms with Gasteiger partial charge in [-0.25, -0.2) is 0 Å². The summed E-state index contributed by atoms with van der Waals surface area (Å²) in [5.74, 6) is 0.240. The monoisotopic (exact) mass is 287 g/mol. The summed E-state index contributed by atoms with van der Waals surface area (Å²) in [5, 5.41) is 17.6. The van der Waals surface area contributed by atoms with Crippen LogP contribution < -0.4 is 0 Å². The van der Waals surface area contributed by atoms with Crippen molar-refractivity contribution in [2.24, 2.45) is 5.92 Å². The molecule has 1 rings (SSSR count). The molecule has 1 heterocycles. The largest absolute Gasteiger partial charge is 0.481 e. The molecule has 0 saturated heterocycles. The van der Waals surface area contributed by atoms with Gasteiger partial charge < -0.3 is 14.4 Å². The number of rotatable bonds is 7. The summed E-state index contributed by atoms with van der Waals surface area (Å²) < 4.78 is 7.38. The fourth-order valence-electron chi connectivity index (χ4n) is 1.59. The Labute approximate surface area is 117 Å². The second-order valence-corrected chi connectivity index (χ2v) is 6.15. The first-order valence-corrected chi connectivity index (χ1v) is 7.10. The molecule has 0 bridgehead atoms. The normalized spacial score (nSPS) is 12.1. The summed E-state index contributed by atoms with van der Waals surface area (Å²) in [6.45, 7) is 8.75. The summed E-state index contributed by atoms with van der Waals surface area (Å²) >= 11 is 1.18. The molecule has 1 aromatic heterocycles. The number of aliphatic carboxylic acids is 1. The molecular formula is C12H21N3O3S. The van der Waals surface area contributed by atoms with Gasteiger partial charge in [0.25, 0.3) is 0 Å². The van der Waals surface area contributed by atoms with E-state index in [0.29, 0.717) is 11.1 Å². The minimum absolute atomic E-state index is 0.0242. The number of carbonyl (C=O) groups is 1. The quantitative estimate of drug-likeness (QED) is 0.773. The summed E-state index contributed by atoms with van der Waals surface area (Å²) in [6, 6.07) is 0. The van der Waals surface area contributed by atoms with Crippen LogP contribution in [0.5, 0.6) is 0 Å². The van der Waals surface area contributed by atoms with Crippen LogP contribution in [0, 0.1) is 5.92 Å². The van der Waals surface area contributed by atoms with Crippen LogP contribution in [0.15, 0.2) is 5.16 Å². The van der Waals surface area contributed by atoms with Crippen molar-refractivity contribution < 1.29 is 14.6 Å². The van der Waals surface area contributed by atoms with Gasteiger partial charge in [-0.15, -0.1) is 10.2 Å². The van der Waals surface area contributed by atoms with Gasteiger partial charge in [0.2, 0.25) is 0 Å². The van der Waals surface area contributed by atoms with Crippen LogP contribution in [0.4, 0.5) is 0 Å². The second-order valence-electron chi connectivity index (χ2n) is 5.21. The predicted molar refractivity (Wildman–Crippen MR) is 73.3 cm³/mol. The maximum absolute atomic E-state index is 10.7. The van der Waals surface area contributed by atoms with E-state index in [-0.39, 0.29) is 5.75 Å². The number of carboxylic acids is 1. The van der Waals surface area contributed by atoms with Gasteiger partial charge in [0.1, 0.15) is 5.60 Å². The van der Waals surface area contributed by atoms with E-state index in [1.807, 2.05) is 18.4 Å². The van der Waals surface area contributed by atoms with Crippen molar-refractivity contribution in [2.75, 3.05) is 12.9 Å². The van der Waals surface area contributed by atoms with Crippen LogP contribution in [-0.4, -0.2) is 38.7 Å². The molecule has 0 aromatic carbocycles. The van der Waals surface area contributed by atoms with E-state index in [1.165, 1.54) is 11.8 Å². The minimum atomic E-state index is -0.864. The first-order valence-electron chi connectivity index (χ1n) is 6.11. The van der Waals surface area contributed by atoms with Gasteiger partial charge in [-0.2, -0.15) is 0 Å². The molecule has 1 aromatic rings. The molecule has 0 aliphatic rings. The first-order chi connectivity index (χ1) is 8.77. The molecule has 0 amide bonds. The maximum Gasteiger partial charge on any atom is 0.313 e. The highest BCUT2D eigenvalue weighted by atomic mass is 32.2. The molecule has 108 valence electrons. The number of ether oxygens (including phenoxy) is 1. The lowest BCUT2D eigenvalue weighted by Crippen LogP contribution is -2.26. The Morgan fingerprint density at radius 2 is 2.11 bits per heavy atom. The zero-order valence-electron chi connectivity index (χ0n) is 12.0. The molecule has 1 N–H and O–H groups in total. The molecule has 19 heavy (non-hydrogen) atoms. The Morgan fingerprint density at radius 1 is 1.47 bits per heavy atom. The van der Waals surface area contributed by atoms with E-state index in [2.05, 4.69) is 24.0 Å². The highest BCUT2D eigenvalue weighted by Crippen LogP contribution is 2.27. The molecule has 6 nitrogen and oxygen atoms in total. The second kappa shape index (κ2) is 6.38. The van der Waals surface area contributed by atoms with Crippen molar-refractivity contribution in [3.63, 3.8) is 0 Å². The molecule has 0 aliphatic carbocycles. The number of thioether (sulfide) groups is 1. The van der Waals surface area contributed by atoms with Crippen LogP contribution >= 0.6 is 11.8 Å². The number of methoxy groups -OCH3 is 1. The van der Waals surface area contributed by atoms with Gasteiger partial charge in [0.15, 0.2) is 11.0 Å². The number of hydrogen-bond donors (Lipinski definition) is 1. The van der Waals surface area contributed by atoms with Gasteiger partial charge in [0.05, 0.1) is 5.75 Å². The fourth-order valence-corrected chi connectivity index (χ4v) is 2.26. The van der Waals surface area contributed by atoms with Gasteiger partial charge in [-0.1, -0.05) is 25.6 Å². The van der Waals surface area contributed by atoms with Gasteiger partial charge in [0, 0.05) is 13.7 Å². The average molecular weight is 287 g/mol. The van der Waals surface area contributed by atoms with Crippen LogP contribution in [0.25, 0.3) is 0 Å². The predicted octanol–water partition coefficient (Wildman–Crippen LogP) is 1.99. The van der Waals surface area contributed by atoms with Crippen LogP contribution in [0.2, 0.25) is 0 Å². The third-order valence-electron chi connectivity index (χ3n) is 2.64. The van der Waals surface area contributed by atoms with Crippen molar-refractivity contribution in [1.29, 1.82) is 0 Å². The highest BCUT2D eigenvalue weighted by Gasteiger charge is 2.28. The van der Waals surface area contributed by atoms with E-state index >= 15 is 0 Å². The third-order valence-corrected chi connectivity index (χ3v) is 3.59. The van der Waals surface area contributed by atoms with Crippen LogP contribution in [-0.2, 0) is 21.7 Å². The summed E-state index contributed by atoms with van der Waals surface area (Å²) in [4.78, 5) is 10.7.